The predicted molar refractivity (Wildman–Crippen MR) is 67.2 cm³/mol. The maximum atomic E-state index is 10.7. The summed E-state index contributed by atoms with van der Waals surface area (Å²) in [4.78, 5) is 0. The van der Waals surface area contributed by atoms with Gasteiger partial charge in [0.2, 0.25) is 0 Å². The first-order chi connectivity index (χ1) is 8.72. The third-order valence-electron chi connectivity index (χ3n) is 2.12. The van der Waals surface area contributed by atoms with E-state index in [1.54, 1.807) is 0 Å². The molecule has 0 heterocycles. The van der Waals surface area contributed by atoms with Gasteiger partial charge in [-0.2, -0.15) is 13.1 Å². The SMILES string of the molecule is CO[Si](CNS(=O)(=O)O)(OC)O[Si](OC)(OC)OC. The van der Waals surface area contributed by atoms with E-state index in [1.807, 2.05) is 4.72 Å². The van der Waals surface area contributed by atoms with E-state index in [-0.39, 0.29) is 0 Å². The molecule has 2 N–H and O–H groups in total. The molecule has 0 rings (SSSR count). The van der Waals surface area contributed by atoms with Gasteiger partial charge in [-0.25, -0.2) is 0 Å². The molecule has 0 saturated heterocycles. The highest BCUT2D eigenvalue weighted by molar-refractivity contribution is 7.83. The first kappa shape index (κ1) is 19.1. The molecule has 0 fully saturated rings. The largest absolute Gasteiger partial charge is 0.671 e. The fraction of sp³-hybridized carbons (Fsp3) is 1.00. The van der Waals surface area contributed by atoms with E-state index in [4.69, 9.17) is 30.8 Å². The topological polar surface area (TPSA) is 122 Å². The number of hydrogen-bond donors (Lipinski definition) is 2. The summed E-state index contributed by atoms with van der Waals surface area (Å²) in [5, 5.41) is 0. The Labute approximate surface area is 114 Å². The number of rotatable bonds is 10. The van der Waals surface area contributed by atoms with Crippen LogP contribution < -0.4 is 4.72 Å². The molecule has 19 heavy (non-hydrogen) atoms. The Morgan fingerprint density at radius 2 is 1.37 bits per heavy atom. The highest BCUT2D eigenvalue weighted by Crippen LogP contribution is 2.17. The molecule has 0 saturated carbocycles. The first-order valence-corrected chi connectivity index (χ1v) is 9.90. The Morgan fingerprint density at radius 1 is 0.947 bits per heavy atom. The van der Waals surface area contributed by atoms with Gasteiger partial charge in [0.15, 0.2) is 0 Å². The third kappa shape index (κ3) is 5.92. The molecule has 0 spiro atoms. The van der Waals surface area contributed by atoms with Gasteiger partial charge in [0.1, 0.15) is 0 Å². The van der Waals surface area contributed by atoms with Gasteiger partial charge in [-0.15, -0.1) is 0 Å². The van der Waals surface area contributed by atoms with Crippen molar-refractivity contribution >= 4 is 28.2 Å². The minimum absolute atomic E-state index is 0.413. The molecule has 0 unspecified atom stereocenters. The number of nitrogens with one attached hydrogen (secondary N) is 1. The van der Waals surface area contributed by atoms with E-state index in [0.29, 0.717) is 0 Å². The van der Waals surface area contributed by atoms with E-state index < -0.39 is 34.3 Å². The van der Waals surface area contributed by atoms with E-state index in [9.17, 15) is 8.42 Å². The van der Waals surface area contributed by atoms with Crippen molar-refractivity contribution in [1.82, 2.24) is 4.72 Å². The molecule has 0 bridgehead atoms. The van der Waals surface area contributed by atoms with E-state index in [2.05, 4.69) is 0 Å². The molecule has 0 amide bonds. The molecule has 0 aliphatic carbocycles. The van der Waals surface area contributed by atoms with E-state index in [0.717, 1.165) is 0 Å². The second-order valence-corrected chi connectivity index (χ2v) is 9.92. The fourth-order valence-corrected chi connectivity index (χ4v) is 6.96. The molecule has 10 nitrogen and oxygen atoms in total. The van der Waals surface area contributed by atoms with Gasteiger partial charge >= 0.3 is 28.2 Å². The Hall–Kier alpha value is 0.0638. The lowest BCUT2D eigenvalue weighted by molar-refractivity contribution is 0.0146. The first-order valence-electron chi connectivity index (χ1n) is 4.90. The van der Waals surface area contributed by atoms with Crippen LogP contribution in [0.5, 0.6) is 0 Å². The van der Waals surface area contributed by atoms with Crippen molar-refractivity contribution in [3.05, 3.63) is 0 Å². The highest BCUT2D eigenvalue weighted by atomic mass is 32.2. The average molecular weight is 337 g/mol. The van der Waals surface area contributed by atoms with Crippen LogP contribution in [0.15, 0.2) is 0 Å². The van der Waals surface area contributed by atoms with Crippen molar-refractivity contribution < 1.29 is 39.2 Å². The van der Waals surface area contributed by atoms with Crippen LogP contribution in [0.3, 0.4) is 0 Å². The summed E-state index contributed by atoms with van der Waals surface area (Å²) in [7, 11) is -4.98. The smallest absolute Gasteiger partial charge is 0.376 e. The van der Waals surface area contributed by atoms with Crippen LogP contribution in [0.2, 0.25) is 0 Å². The second kappa shape index (κ2) is 7.74. The quantitative estimate of drug-likeness (QED) is 0.364. The summed E-state index contributed by atoms with van der Waals surface area (Å²) in [5.41, 5.74) is 0. The molecule has 0 aromatic heterocycles. The average Bonchev–Trinajstić information content (AvgIpc) is 2.40. The zero-order chi connectivity index (χ0) is 15.2. The van der Waals surface area contributed by atoms with Crippen LogP contribution in [0.25, 0.3) is 0 Å². The normalized spacial score (nSPS) is 13.8. The zero-order valence-electron chi connectivity index (χ0n) is 11.3. The van der Waals surface area contributed by atoms with Crippen LogP contribution in [0, 0.1) is 0 Å². The molecule has 116 valence electrons. The lowest BCUT2D eigenvalue weighted by Crippen LogP contribution is -2.63. The monoisotopic (exact) mass is 337 g/mol. The van der Waals surface area contributed by atoms with Crippen LogP contribution in [0.1, 0.15) is 0 Å². The summed E-state index contributed by atoms with van der Waals surface area (Å²) < 4.78 is 62.7. The van der Waals surface area contributed by atoms with Crippen molar-refractivity contribution in [2.75, 3.05) is 41.7 Å². The summed E-state index contributed by atoms with van der Waals surface area (Å²) in [5.74, 6) is 0. The third-order valence-corrected chi connectivity index (χ3v) is 8.49. The Morgan fingerprint density at radius 3 is 1.63 bits per heavy atom. The van der Waals surface area contributed by atoms with Gasteiger partial charge in [0.25, 0.3) is 0 Å². The molecular formula is C6H19NO9SSi2. The molecule has 0 radical (unpaired) electrons. The molecule has 0 aromatic rings. The van der Waals surface area contributed by atoms with Crippen molar-refractivity contribution in [2.45, 2.75) is 0 Å². The van der Waals surface area contributed by atoms with Crippen LogP contribution in [-0.4, -0.2) is 72.5 Å². The van der Waals surface area contributed by atoms with Crippen molar-refractivity contribution in [1.29, 1.82) is 0 Å². The highest BCUT2D eigenvalue weighted by Gasteiger charge is 2.55. The summed E-state index contributed by atoms with van der Waals surface area (Å²) in [6, 6.07) is 0. The Balaban J connectivity index is 5.07. The Bertz CT molecular complexity index is 347. The number of hydrogen-bond acceptors (Lipinski definition) is 8. The minimum Gasteiger partial charge on any atom is -0.376 e. The summed E-state index contributed by atoms with van der Waals surface area (Å²) in [6.45, 7) is 0. The standard InChI is InChI=1S/C6H19NO9SSi2/c1-11-18(12-2,6-7-17(8,9)10)16-19(13-3,14-4)15-5/h7H,6H2,1-5H3,(H,8,9,10). The van der Waals surface area contributed by atoms with Crippen molar-refractivity contribution in [3.63, 3.8) is 0 Å². The minimum atomic E-state index is -4.42. The molecule has 0 aliphatic rings. The van der Waals surface area contributed by atoms with Crippen LogP contribution in [-0.2, 0) is 36.5 Å². The van der Waals surface area contributed by atoms with E-state index in [1.165, 1.54) is 35.5 Å². The fourth-order valence-electron chi connectivity index (χ4n) is 1.09. The van der Waals surface area contributed by atoms with Gasteiger partial charge in [0, 0.05) is 35.5 Å². The van der Waals surface area contributed by atoms with Crippen molar-refractivity contribution in [2.24, 2.45) is 0 Å². The van der Waals surface area contributed by atoms with Crippen LogP contribution in [0.4, 0.5) is 0 Å². The lowest BCUT2D eigenvalue weighted by atomic mass is 11.5. The summed E-state index contributed by atoms with van der Waals surface area (Å²) in [6.07, 6.45) is -0.413. The Kier molecular flexibility index (Phi) is 7.77. The maximum absolute atomic E-state index is 10.7. The zero-order valence-corrected chi connectivity index (χ0v) is 14.1. The summed E-state index contributed by atoms with van der Waals surface area (Å²) >= 11 is 0. The molecular weight excluding hydrogens is 318 g/mol. The molecule has 0 atom stereocenters. The molecule has 0 aliphatic heterocycles. The van der Waals surface area contributed by atoms with Gasteiger partial charge in [-0.05, 0) is 0 Å². The van der Waals surface area contributed by atoms with Crippen LogP contribution >= 0.6 is 0 Å². The van der Waals surface area contributed by atoms with E-state index >= 15 is 0 Å². The molecule has 13 heteroatoms. The maximum Gasteiger partial charge on any atom is 0.671 e. The van der Waals surface area contributed by atoms with Gasteiger partial charge in [-0.3, -0.25) is 4.55 Å². The predicted octanol–water partition coefficient (Wildman–Crippen LogP) is -1.46. The van der Waals surface area contributed by atoms with Crippen molar-refractivity contribution in [3.8, 4) is 0 Å². The molecule has 0 aromatic carbocycles. The van der Waals surface area contributed by atoms with Gasteiger partial charge < -0.3 is 26.2 Å². The van der Waals surface area contributed by atoms with Gasteiger partial charge in [-0.1, -0.05) is 0 Å². The van der Waals surface area contributed by atoms with Gasteiger partial charge in [0.05, 0.1) is 6.17 Å². The second-order valence-electron chi connectivity index (χ2n) is 3.10. The lowest BCUT2D eigenvalue weighted by Gasteiger charge is -2.33.